The molecule has 0 aliphatic carbocycles. The van der Waals surface area contributed by atoms with Crippen molar-refractivity contribution in [2.24, 2.45) is 0 Å². The fourth-order valence-corrected chi connectivity index (χ4v) is 6.66. The number of benzene rings is 6. The normalized spacial score (nSPS) is 10.8. The molecule has 0 fully saturated rings. The van der Waals surface area contributed by atoms with Crippen molar-refractivity contribution in [1.82, 2.24) is 0 Å². The largest absolute Gasteiger partial charge is 0.206 e. The van der Waals surface area contributed by atoms with Gasteiger partial charge in [-0.25, -0.2) is 8.78 Å². The summed E-state index contributed by atoms with van der Waals surface area (Å²) in [6.07, 6.45) is 9.56. The van der Waals surface area contributed by atoms with E-state index in [-0.39, 0.29) is 11.6 Å². The third-order valence-corrected chi connectivity index (χ3v) is 9.54. The van der Waals surface area contributed by atoms with Gasteiger partial charge in [0.15, 0.2) is 0 Å². The Balaban J connectivity index is 0.882. The molecule has 6 aromatic carbocycles. The van der Waals surface area contributed by atoms with Crippen LogP contribution >= 0.6 is 0 Å². The van der Waals surface area contributed by atoms with Crippen LogP contribution in [0.25, 0.3) is 44.5 Å². The Bertz CT molecular complexity index is 2010. The number of nitriles is 2. The Hall–Kier alpha value is -5.84. The van der Waals surface area contributed by atoms with Crippen molar-refractivity contribution in [3.8, 4) is 56.6 Å². The van der Waals surface area contributed by atoms with Gasteiger partial charge < -0.3 is 0 Å². The lowest BCUT2D eigenvalue weighted by Crippen LogP contribution is -1.92. The predicted molar refractivity (Wildman–Crippen MR) is 204 cm³/mol. The maximum absolute atomic E-state index is 15.1. The minimum atomic E-state index is -0.199. The SMILES string of the molecule is N#Cc1cccc(-c2ccc(-c3ccc(CCCCCCCCCc4ccc(-c5ccc(-c6cccc(C#N)c6)cc5)c(F)c4)cc3F)cc2)c1. The zero-order chi connectivity index (χ0) is 35.4. The summed E-state index contributed by atoms with van der Waals surface area (Å²) in [4.78, 5) is 0. The summed E-state index contributed by atoms with van der Waals surface area (Å²) in [6.45, 7) is 0. The van der Waals surface area contributed by atoms with Crippen molar-refractivity contribution in [2.75, 3.05) is 0 Å². The summed E-state index contributed by atoms with van der Waals surface area (Å²) in [7, 11) is 0. The summed E-state index contributed by atoms with van der Waals surface area (Å²) in [6, 6.07) is 46.1. The Morgan fingerprint density at radius 3 is 1.12 bits per heavy atom. The second-order valence-electron chi connectivity index (χ2n) is 13.1. The first-order valence-electron chi connectivity index (χ1n) is 17.8. The average Bonchev–Trinajstić information content (AvgIpc) is 3.17. The Morgan fingerprint density at radius 1 is 0.373 bits per heavy atom. The Kier molecular flexibility index (Phi) is 11.8. The molecule has 0 saturated carbocycles. The average molecular weight is 671 g/mol. The first-order valence-corrected chi connectivity index (χ1v) is 17.8. The molecule has 0 saturated heterocycles. The molecule has 252 valence electrons. The van der Waals surface area contributed by atoms with Crippen molar-refractivity contribution < 1.29 is 8.78 Å². The first-order chi connectivity index (χ1) is 25.0. The summed E-state index contributed by atoms with van der Waals surface area (Å²) < 4.78 is 30.1. The molecule has 6 rings (SSSR count). The Morgan fingerprint density at radius 2 is 0.745 bits per heavy atom. The molecular formula is C47H40F2N2. The molecule has 0 N–H and O–H groups in total. The van der Waals surface area contributed by atoms with Crippen molar-refractivity contribution in [2.45, 2.75) is 57.8 Å². The van der Waals surface area contributed by atoms with Crippen LogP contribution in [0.5, 0.6) is 0 Å². The first kappa shape index (κ1) is 35.0. The molecule has 4 heteroatoms. The number of unbranched alkanes of at least 4 members (excludes halogenated alkanes) is 6. The lowest BCUT2D eigenvalue weighted by molar-refractivity contribution is 0.576. The monoisotopic (exact) mass is 670 g/mol. The van der Waals surface area contributed by atoms with Crippen LogP contribution in [0.2, 0.25) is 0 Å². The molecule has 51 heavy (non-hydrogen) atoms. The van der Waals surface area contributed by atoms with Crippen LogP contribution < -0.4 is 0 Å². The molecule has 0 bridgehead atoms. The van der Waals surface area contributed by atoms with Gasteiger partial charge >= 0.3 is 0 Å². The van der Waals surface area contributed by atoms with Gasteiger partial charge in [-0.3, -0.25) is 0 Å². The topological polar surface area (TPSA) is 47.6 Å². The van der Waals surface area contributed by atoms with Crippen LogP contribution in [-0.2, 0) is 12.8 Å². The number of aryl methyl sites for hydroxylation is 2. The summed E-state index contributed by atoms with van der Waals surface area (Å²) in [5.74, 6) is -0.397. The third kappa shape index (κ3) is 9.24. The molecule has 0 heterocycles. The number of rotatable bonds is 14. The van der Waals surface area contributed by atoms with E-state index in [1.807, 2.05) is 109 Å². The van der Waals surface area contributed by atoms with E-state index in [1.165, 1.54) is 6.42 Å². The van der Waals surface area contributed by atoms with Gasteiger partial charge in [-0.2, -0.15) is 10.5 Å². The van der Waals surface area contributed by atoms with Gasteiger partial charge in [0.25, 0.3) is 0 Å². The minimum Gasteiger partial charge on any atom is -0.206 e. The molecular weight excluding hydrogens is 631 g/mol. The van der Waals surface area contributed by atoms with E-state index in [0.717, 1.165) is 95.9 Å². The van der Waals surface area contributed by atoms with E-state index < -0.39 is 0 Å². The molecule has 0 spiro atoms. The number of hydrogen-bond acceptors (Lipinski definition) is 2. The highest BCUT2D eigenvalue weighted by Crippen LogP contribution is 2.30. The van der Waals surface area contributed by atoms with Crippen LogP contribution in [0, 0.1) is 34.3 Å². The highest BCUT2D eigenvalue weighted by atomic mass is 19.1. The van der Waals surface area contributed by atoms with E-state index in [9.17, 15) is 10.5 Å². The predicted octanol–water partition coefficient (Wildman–Crippen LogP) is 12.9. The molecule has 0 aromatic heterocycles. The molecule has 0 radical (unpaired) electrons. The Labute approximate surface area is 300 Å². The van der Waals surface area contributed by atoms with Crippen molar-refractivity contribution in [1.29, 1.82) is 10.5 Å². The molecule has 0 unspecified atom stereocenters. The zero-order valence-corrected chi connectivity index (χ0v) is 28.7. The van der Waals surface area contributed by atoms with Gasteiger partial charge in [-0.1, -0.05) is 129 Å². The quantitative estimate of drug-likeness (QED) is 0.108. The molecule has 0 aliphatic rings. The van der Waals surface area contributed by atoms with Crippen molar-refractivity contribution in [3.63, 3.8) is 0 Å². The van der Waals surface area contributed by atoms with Gasteiger partial charge in [-0.05, 0) is 107 Å². The molecule has 0 amide bonds. The fraction of sp³-hybridized carbons (Fsp3) is 0.191. The highest BCUT2D eigenvalue weighted by Gasteiger charge is 2.10. The zero-order valence-electron chi connectivity index (χ0n) is 28.7. The maximum Gasteiger partial charge on any atom is 0.131 e. The minimum absolute atomic E-state index is 0.199. The number of hydrogen-bond donors (Lipinski definition) is 0. The van der Waals surface area contributed by atoms with E-state index in [1.54, 1.807) is 24.3 Å². The van der Waals surface area contributed by atoms with E-state index in [2.05, 4.69) is 12.1 Å². The van der Waals surface area contributed by atoms with Gasteiger partial charge in [-0.15, -0.1) is 0 Å². The second-order valence-corrected chi connectivity index (χ2v) is 13.1. The van der Waals surface area contributed by atoms with Crippen LogP contribution in [0.3, 0.4) is 0 Å². The van der Waals surface area contributed by atoms with E-state index in [0.29, 0.717) is 22.3 Å². The third-order valence-electron chi connectivity index (χ3n) is 9.54. The van der Waals surface area contributed by atoms with E-state index in [4.69, 9.17) is 0 Å². The summed E-state index contributed by atoms with van der Waals surface area (Å²) in [5, 5.41) is 18.3. The standard InChI is InChI=1S/C47H40F2N2/c48-46-30-34(16-26-44(46)40-22-18-38(19-23-40)42-14-8-12-36(28-42)32-50)10-6-4-2-1-3-5-7-11-35-17-27-45(47(49)31-35)41-24-20-39(21-25-41)43-15-9-13-37(29-43)33-51/h8-9,12-31H,1-7,10-11H2. The van der Waals surface area contributed by atoms with Gasteiger partial charge in [0.2, 0.25) is 0 Å². The van der Waals surface area contributed by atoms with E-state index >= 15 is 8.78 Å². The van der Waals surface area contributed by atoms with Crippen LogP contribution in [0.1, 0.15) is 67.2 Å². The lowest BCUT2D eigenvalue weighted by atomic mass is 9.97. The molecule has 0 atom stereocenters. The van der Waals surface area contributed by atoms with Crippen LogP contribution in [0.15, 0.2) is 133 Å². The smallest absolute Gasteiger partial charge is 0.131 e. The molecule has 2 nitrogen and oxygen atoms in total. The summed E-state index contributed by atoms with van der Waals surface area (Å²) >= 11 is 0. The second kappa shape index (κ2) is 17.2. The van der Waals surface area contributed by atoms with Gasteiger partial charge in [0, 0.05) is 11.1 Å². The maximum atomic E-state index is 15.1. The van der Waals surface area contributed by atoms with Crippen LogP contribution in [0.4, 0.5) is 8.78 Å². The number of halogens is 2. The van der Waals surface area contributed by atoms with Crippen molar-refractivity contribution in [3.05, 3.63) is 167 Å². The van der Waals surface area contributed by atoms with Crippen LogP contribution in [-0.4, -0.2) is 0 Å². The summed E-state index contributed by atoms with van der Waals surface area (Å²) in [5.41, 5.74) is 10.1. The van der Waals surface area contributed by atoms with Gasteiger partial charge in [0.1, 0.15) is 11.6 Å². The molecule has 6 aromatic rings. The lowest BCUT2D eigenvalue weighted by Gasteiger charge is -2.09. The number of nitrogens with zero attached hydrogens (tertiary/aromatic N) is 2. The fourth-order valence-electron chi connectivity index (χ4n) is 6.66. The highest BCUT2D eigenvalue weighted by molar-refractivity contribution is 5.73. The molecule has 0 aliphatic heterocycles. The van der Waals surface area contributed by atoms with Crippen molar-refractivity contribution >= 4 is 0 Å². The van der Waals surface area contributed by atoms with Gasteiger partial charge in [0.05, 0.1) is 23.3 Å².